The van der Waals surface area contributed by atoms with E-state index in [1.807, 2.05) is 0 Å². The number of carbonyl (C=O) groups is 3. The maximum Gasteiger partial charge on any atom is 0.338 e. The number of sulfonamides is 1. The zero-order chi connectivity index (χ0) is 24.2. The predicted molar refractivity (Wildman–Crippen MR) is 122 cm³/mol. The lowest BCUT2D eigenvalue weighted by Crippen LogP contribution is -2.35. The number of nitrogens with zero attached hydrogens (tertiary/aromatic N) is 2. The zero-order valence-electron chi connectivity index (χ0n) is 17.7. The van der Waals surface area contributed by atoms with E-state index in [1.54, 1.807) is 49.6 Å². The van der Waals surface area contributed by atoms with Crippen LogP contribution in [0.3, 0.4) is 0 Å². The molecule has 3 rings (SSSR count). The van der Waals surface area contributed by atoms with Crippen LogP contribution in [-0.4, -0.2) is 44.4 Å². The summed E-state index contributed by atoms with van der Waals surface area (Å²) in [7, 11) is -1.09. The van der Waals surface area contributed by atoms with Gasteiger partial charge in [0.15, 0.2) is 6.61 Å². The van der Waals surface area contributed by atoms with E-state index in [1.165, 1.54) is 29.8 Å². The Kier molecular flexibility index (Phi) is 7.19. The van der Waals surface area contributed by atoms with Crippen molar-refractivity contribution in [3.05, 3.63) is 83.1 Å². The fourth-order valence-corrected chi connectivity index (χ4v) is 4.59. The van der Waals surface area contributed by atoms with Crippen LogP contribution in [0.4, 0.5) is 5.69 Å². The number of hydrogen-bond acceptors (Lipinski definition) is 6. The van der Waals surface area contributed by atoms with Gasteiger partial charge < -0.3 is 9.30 Å². The van der Waals surface area contributed by atoms with Crippen LogP contribution in [0.25, 0.3) is 0 Å². The molecule has 11 heteroatoms. The van der Waals surface area contributed by atoms with Gasteiger partial charge in [0.2, 0.25) is 0 Å². The van der Waals surface area contributed by atoms with Gasteiger partial charge in [-0.05, 0) is 42.5 Å². The van der Waals surface area contributed by atoms with E-state index in [4.69, 9.17) is 16.3 Å². The molecule has 1 aromatic heterocycles. The van der Waals surface area contributed by atoms with Gasteiger partial charge in [0.25, 0.3) is 21.8 Å². The van der Waals surface area contributed by atoms with E-state index in [2.05, 4.69) is 5.32 Å². The Hall–Kier alpha value is -3.63. The summed E-state index contributed by atoms with van der Waals surface area (Å²) in [6.07, 6.45) is 1.64. The number of amides is 2. The summed E-state index contributed by atoms with van der Waals surface area (Å²) in [6, 6.07) is 15.1. The van der Waals surface area contributed by atoms with Crippen LogP contribution in [0.15, 0.2) is 71.8 Å². The van der Waals surface area contributed by atoms with Crippen molar-refractivity contribution in [3.63, 3.8) is 0 Å². The molecule has 33 heavy (non-hydrogen) atoms. The number of carbonyl (C=O) groups excluding carboxylic acids is 3. The highest BCUT2D eigenvalue weighted by molar-refractivity contribution is 7.93. The van der Waals surface area contributed by atoms with E-state index in [9.17, 15) is 22.8 Å². The fourth-order valence-electron chi connectivity index (χ4n) is 2.89. The molecule has 0 saturated carbocycles. The van der Waals surface area contributed by atoms with Crippen molar-refractivity contribution in [1.82, 2.24) is 9.88 Å². The first-order chi connectivity index (χ1) is 15.6. The molecule has 0 aliphatic heterocycles. The van der Waals surface area contributed by atoms with E-state index in [0.717, 1.165) is 10.4 Å². The molecule has 0 unspecified atom stereocenters. The lowest BCUT2D eigenvalue weighted by Gasteiger charge is -2.20. The number of esters is 1. The van der Waals surface area contributed by atoms with Crippen molar-refractivity contribution in [1.29, 1.82) is 0 Å². The van der Waals surface area contributed by atoms with E-state index in [-0.39, 0.29) is 21.2 Å². The minimum absolute atomic E-state index is 0.0831. The summed E-state index contributed by atoms with van der Waals surface area (Å²) < 4.78 is 33.6. The molecule has 0 spiro atoms. The number of para-hydroxylation sites is 1. The Morgan fingerprint density at radius 2 is 1.76 bits per heavy atom. The normalized spacial score (nSPS) is 11.0. The lowest BCUT2D eigenvalue weighted by molar-refractivity contribution is -0.123. The molecule has 0 aliphatic rings. The second-order valence-corrected chi connectivity index (χ2v) is 9.26. The summed E-state index contributed by atoms with van der Waals surface area (Å²) in [5, 5.41) is 2.03. The number of ether oxygens (including phenoxy) is 1. The fraction of sp³-hybridized carbons (Fsp3) is 0.136. The number of nitrogens with one attached hydrogen (secondary N) is 1. The summed E-state index contributed by atoms with van der Waals surface area (Å²) in [4.78, 5) is 36.1. The molecular formula is C22H20ClN3O6S. The second-order valence-electron chi connectivity index (χ2n) is 6.91. The number of halogens is 1. The van der Waals surface area contributed by atoms with Gasteiger partial charge in [-0.1, -0.05) is 29.8 Å². The summed E-state index contributed by atoms with van der Waals surface area (Å²) >= 11 is 6.10. The van der Waals surface area contributed by atoms with Crippen LogP contribution < -0.4 is 9.62 Å². The van der Waals surface area contributed by atoms with E-state index < -0.39 is 34.4 Å². The van der Waals surface area contributed by atoms with Crippen LogP contribution in [-0.2, 0) is 26.6 Å². The average molecular weight is 490 g/mol. The summed E-state index contributed by atoms with van der Waals surface area (Å²) in [5.41, 5.74) is 0.534. The van der Waals surface area contributed by atoms with Crippen LogP contribution >= 0.6 is 11.6 Å². The number of anilines is 1. The van der Waals surface area contributed by atoms with Gasteiger partial charge in [0.1, 0.15) is 10.6 Å². The minimum atomic E-state index is -4.09. The van der Waals surface area contributed by atoms with Gasteiger partial charge >= 0.3 is 5.97 Å². The molecule has 0 atom stereocenters. The number of benzene rings is 2. The molecule has 2 amide bonds. The van der Waals surface area contributed by atoms with Crippen molar-refractivity contribution in [3.8, 4) is 0 Å². The number of aryl methyl sites for hydroxylation is 1. The lowest BCUT2D eigenvalue weighted by atomic mass is 10.2. The Labute approximate surface area is 195 Å². The number of aromatic nitrogens is 1. The standard InChI is InChI=1S/C22H20ClN3O6S/c1-25-12-6-9-18(25)21(28)24-20(27)14-32-22(29)15-10-11-17(23)19(13-15)33(30,31)26(2)16-7-4-3-5-8-16/h3-13H,14H2,1-2H3,(H,24,27,28). The molecule has 172 valence electrons. The second kappa shape index (κ2) is 9.88. The van der Waals surface area contributed by atoms with Crippen molar-refractivity contribution in [2.24, 2.45) is 7.05 Å². The molecule has 0 fully saturated rings. The predicted octanol–water partition coefficient (Wildman–Crippen LogP) is 2.62. The number of rotatable bonds is 7. The Morgan fingerprint density at radius 3 is 2.39 bits per heavy atom. The first-order valence-corrected chi connectivity index (χ1v) is 11.4. The monoisotopic (exact) mass is 489 g/mol. The minimum Gasteiger partial charge on any atom is -0.452 e. The Balaban J connectivity index is 1.71. The van der Waals surface area contributed by atoms with Crippen LogP contribution in [0.1, 0.15) is 20.8 Å². The van der Waals surface area contributed by atoms with Gasteiger partial charge in [-0.3, -0.25) is 19.2 Å². The van der Waals surface area contributed by atoms with Crippen molar-refractivity contribution < 1.29 is 27.5 Å². The summed E-state index contributed by atoms with van der Waals surface area (Å²) in [6.45, 7) is -0.733. The van der Waals surface area contributed by atoms with Crippen LogP contribution in [0.5, 0.6) is 0 Å². The molecule has 3 aromatic rings. The maximum atomic E-state index is 13.0. The van der Waals surface area contributed by atoms with E-state index in [0.29, 0.717) is 5.69 Å². The molecule has 2 aromatic carbocycles. The molecule has 0 radical (unpaired) electrons. The topological polar surface area (TPSA) is 115 Å². The first-order valence-electron chi connectivity index (χ1n) is 9.57. The third kappa shape index (κ3) is 5.41. The quantitative estimate of drug-likeness (QED) is 0.510. The highest BCUT2D eigenvalue weighted by atomic mass is 35.5. The molecule has 1 N–H and O–H groups in total. The molecule has 9 nitrogen and oxygen atoms in total. The van der Waals surface area contributed by atoms with Gasteiger partial charge in [0.05, 0.1) is 16.3 Å². The highest BCUT2D eigenvalue weighted by Gasteiger charge is 2.26. The third-order valence-electron chi connectivity index (χ3n) is 4.69. The van der Waals surface area contributed by atoms with Crippen molar-refractivity contribution >= 4 is 45.1 Å². The first kappa shape index (κ1) is 24.0. The molecule has 0 saturated heterocycles. The molecule has 1 heterocycles. The molecule has 0 aliphatic carbocycles. The van der Waals surface area contributed by atoms with Crippen molar-refractivity contribution in [2.45, 2.75) is 4.90 Å². The van der Waals surface area contributed by atoms with Crippen LogP contribution in [0, 0.1) is 0 Å². The zero-order valence-corrected chi connectivity index (χ0v) is 19.3. The highest BCUT2D eigenvalue weighted by Crippen LogP contribution is 2.28. The average Bonchev–Trinajstić information content (AvgIpc) is 3.23. The third-order valence-corrected chi connectivity index (χ3v) is 6.96. The smallest absolute Gasteiger partial charge is 0.338 e. The van der Waals surface area contributed by atoms with Gasteiger partial charge in [-0.25, -0.2) is 13.2 Å². The molecular weight excluding hydrogens is 470 g/mol. The van der Waals surface area contributed by atoms with Crippen LogP contribution in [0.2, 0.25) is 5.02 Å². The number of hydrogen-bond donors (Lipinski definition) is 1. The molecule has 0 bridgehead atoms. The maximum absolute atomic E-state index is 13.0. The van der Waals surface area contributed by atoms with E-state index >= 15 is 0 Å². The number of imide groups is 1. The SMILES string of the molecule is CN(c1ccccc1)S(=O)(=O)c1cc(C(=O)OCC(=O)NC(=O)c2cccn2C)ccc1Cl. The van der Waals surface area contributed by atoms with Gasteiger partial charge in [-0.15, -0.1) is 0 Å². The Morgan fingerprint density at radius 1 is 1.06 bits per heavy atom. The Bertz CT molecular complexity index is 1300. The van der Waals surface area contributed by atoms with Gasteiger partial charge in [-0.2, -0.15) is 0 Å². The largest absolute Gasteiger partial charge is 0.452 e. The van der Waals surface area contributed by atoms with Gasteiger partial charge in [0, 0.05) is 20.3 Å². The van der Waals surface area contributed by atoms with Crippen molar-refractivity contribution in [2.75, 3.05) is 18.0 Å². The summed E-state index contributed by atoms with van der Waals surface area (Å²) in [5.74, 6) is -2.43.